The van der Waals surface area contributed by atoms with Gasteiger partial charge >= 0.3 is 5.97 Å². The van der Waals surface area contributed by atoms with Crippen LogP contribution < -0.4 is 5.32 Å². The van der Waals surface area contributed by atoms with Gasteiger partial charge in [0, 0.05) is 17.4 Å². The first-order valence-corrected chi connectivity index (χ1v) is 8.34. The molecule has 2 aromatic rings. The molecule has 0 unspecified atom stereocenters. The molecule has 2 bridgehead atoms. The van der Waals surface area contributed by atoms with Crippen LogP contribution in [-0.4, -0.2) is 16.1 Å². The van der Waals surface area contributed by atoms with E-state index in [1.54, 1.807) is 19.1 Å². The monoisotopic (exact) mass is 326 g/mol. The highest BCUT2D eigenvalue weighted by Crippen LogP contribution is 2.52. The van der Waals surface area contributed by atoms with E-state index in [4.69, 9.17) is 0 Å². The number of nitrogens with zero attached hydrogens (tertiary/aromatic N) is 1. The normalized spacial score (nSPS) is 21.4. The molecule has 1 fully saturated rings. The quantitative estimate of drug-likeness (QED) is 0.856. The molecule has 124 valence electrons. The minimum atomic E-state index is -0.907. The molecule has 0 saturated heterocycles. The standard InChI is InChI=1S/C19H19FN2O2/c1-10-8-13(6-7-15(10)20)22-18-17-12-4-2-11(3-5-12)16(17)14(9-21-18)19(23)24/h6-9,11-12H,2-5H2,1H3,(H,21,22)(H,23,24). The molecule has 1 aromatic carbocycles. The number of hydrogen-bond acceptors (Lipinski definition) is 3. The topological polar surface area (TPSA) is 62.2 Å². The molecule has 0 spiro atoms. The van der Waals surface area contributed by atoms with Crippen LogP contribution in [0.1, 0.15) is 64.6 Å². The van der Waals surface area contributed by atoms with Crippen LogP contribution in [0.25, 0.3) is 0 Å². The van der Waals surface area contributed by atoms with Crippen molar-refractivity contribution in [2.24, 2.45) is 0 Å². The van der Waals surface area contributed by atoms with Gasteiger partial charge in [-0.05, 0) is 73.8 Å². The third kappa shape index (κ3) is 2.35. The Bertz CT molecular complexity index is 826. The Hall–Kier alpha value is -2.43. The molecule has 0 aliphatic heterocycles. The number of nitrogens with one attached hydrogen (secondary N) is 1. The third-order valence-corrected chi connectivity index (χ3v) is 5.35. The number of hydrogen-bond donors (Lipinski definition) is 2. The molecule has 1 heterocycles. The van der Waals surface area contributed by atoms with Crippen molar-refractivity contribution >= 4 is 17.5 Å². The van der Waals surface area contributed by atoms with Gasteiger partial charge in [0.2, 0.25) is 0 Å². The number of aromatic carboxylic acids is 1. The van der Waals surface area contributed by atoms with Crippen molar-refractivity contribution in [1.29, 1.82) is 0 Å². The van der Waals surface area contributed by atoms with Crippen molar-refractivity contribution in [2.45, 2.75) is 44.4 Å². The third-order valence-electron chi connectivity index (χ3n) is 5.35. The fourth-order valence-corrected chi connectivity index (χ4v) is 4.19. The van der Waals surface area contributed by atoms with Crippen LogP contribution in [0.15, 0.2) is 24.4 Å². The summed E-state index contributed by atoms with van der Waals surface area (Å²) in [4.78, 5) is 16.0. The van der Waals surface area contributed by atoms with Crippen LogP contribution >= 0.6 is 0 Å². The summed E-state index contributed by atoms with van der Waals surface area (Å²) in [5, 5.41) is 12.8. The van der Waals surface area contributed by atoms with Crippen LogP contribution in [0.3, 0.4) is 0 Å². The van der Waals surface area contributed by atoms with Crippen LogP contribution in [0.5, 0.6) is 0 Å². The van der Waals surface area contributed by atoms with Gasteiger partial charge in [0.25, 0.3) is 0 Å². The van der Waals surface area contributed by atoms with Crippen LogP contribution in [0.4, 0.5) is 15.9 Å². The van der Waals surface area contributed by atoms with Gasteiger partial charge < -0.3 is 10.4 Å². The van der Waals surface area contributed by atoms with Crippen molar-refractivity contribution in [3.05, 3.63) is 52.5 Å². The van der Waals surface area contributed by atoms with Gasteiger partial charge in [0.15, 0.2) is 0 Å². The zero-order chi connectivity index (χ0) is 16.8. The molecule has 24 heavy (non-hydrogen) atoms. The molecule has 3 aliphatic rings. The Kier molecular flexibility index (Phi) is 3.52. The molecule has 1 aromatic heterocycles. The van der Waals surface area contributed by atoms with Gasteiger partial charge in [-0.25, -0.2) is 14.2 Å². The lowest BCUT2D eigenvalue weighted by Crippen LogP contribution is -2.26. The summed E-state index contributed by atoms with van der Waals surface area (Å²) in [5.41, 5.74) is 3.69. The van der Waals surface area contributed by atoms with E-state index in [0.717, 1.165) is 48.3 Å². The fourth-order valence-electron chi connectivity index (χ4n) is 4.19. The lowest BCUT2D eigenvalue weighted by atomic mass is 9.66. The zero-order valence-electron chi connectivity index (χ0n) is 13.5. The average Bonchev–Trinajstić information content (AvgIpc) is 2.59. The van der Waals surface area contributed by atoms with Crippen molar-refractivity contribution < 1.29 is 14.3 Å². The second-order valence-corrected chi connectivity index (χ2v) is 6.79. The van der Waals surface area contributed by atoms with Gasteiger partial charge in [0.05, 0.1) is 5.56 Å². The minimum Gasteiger partial charge on any atom is -0.478 e. The maximum atomic E-state index is 13.5. The van der Waals surface area contributed by atoms with Gasteiger partial charge in [0.1, 0.15) is 11.6 Å². The first-order chi connectivity index (χ1) is 11.5. The SMILES string of the molecule is Cc1cc(Nc2ncc(C(=O)O)c3c2C2CCC3CC2)ccc1F. The van der Waals surface area contributed by atoms with E-state index in [9.17, 15) is 14.3 Å². The lowest BCUT2D eigenvalue weighted by molar-refractivity contribution is 0.0693. The largest absolute Gasteiger partial charge is 0.478 e. The van der Waals surface area contributed by atoms with E-state index in [0.29, 0.717) is 23.0 Å². The molecule has 1 saturated carbocycles. The Morgan fingerprint density at radius 1 is 1.21 bits per heavy atom. The number of benzene rings is 1. The molecule has 5 heteroatoms. The Morgan fingerprint density at radius 3 is 2.50 bits per heavy atom. The molecular formula is C19H19FN2O2. The highest BCUT2D eigenvalue weighted by atomic mass is 19.1. The van der Waals surface area contributed by atoms with E-state index in [1.165, 1.54) is 12.3 Å². The summed E-state index contributed by atoms with van der Waals surface area (Å²) in [5.74, 6) is 0.247. The fraction of sp³-hybridized carbons (Fsp3) is 0.368. The number of fused-ring (bicyclic) bond motifs is 2. The summed E-state index contributed by atoms with van der Waals surface area (Å²) in [6, 6.07) is 4.86. The first kappa shape index (κ1) is 15.1. The highest BCUT2D eigenvalue weighted by molar-refractivity contribution is 5.91. The van der Waals surface area contributed by atoms with Gasteiger partial charge in [-0.2, -0.15) is 0 Å². The van der Waals surface area contributed by atoms with Crippen molar-refractivity contribution in [3.8, 4) is 0 Å². The first-order valence-electron chi connectivity index (χ1n) is 8.34. The molecule has 0 atom stereocenters. The second-order valence-electron chi connectivity index (χ2n) is 6.79. The van der Waals surface area contributed by atoms with Gasteiger partial charge in [-0.3, -0.25) is 0 Å². The van der Waals surface area contributed by atoms with E-state index in [2.05, 4.69) is 10.3 Å². The number of carboxylic acid groups (broad SMARTS) is 1. The summed E-state index contributed by atoms with van der Waals surface area (Å²) < 4.78 is 13.5. The second kappa shape index (κ2) is 5.58. The molecular weight excluding hydrogens is 307 g/mol. The maximum absolute atomic E-state index is 13.5. The number of carboxylic acids is 1. The number of halogens is 1. The molecule has 0 radical (unpaired) electrons. The van der Waals surface area contributed by atoms with Gasteiger partial charge in [-0.1, -0.05) is 0 Å². The maximum Gasteiger partial charge on any atom is 0.337 e. The predicted molar refractivity (Wildman–Crippen MR) is 89.6 cm³/mol. The van der Waals surface area contributed by atoms with Crippen molar-refractivity contribution in [2.75, 3.05) is 5.32 Å². The molecule has 3 aliphatic carbocycles. The lowest BCUT2D eigenvalue weighted by Gasteiger charge is -2.39. The number of aryl methyl sites for hydroxylation is 1. The van der Waals surface area contributed by atoms with Crippen LogP contribution in [0, 0.1) is 12.7 Å². The summed E-state index contributed by atoms with van der Waals surface area (Å²) in [6.45, 7) is 1.72. The van der Waals surface area contributed by atoms with E-state index < -0.39 is 5.97 Å². The Labute approximate surface area is 139 Å². The number of rotatable bonds is 3. The number of pyridine rings is 1. The average molecular weight is 326 g/mol. The minimum absolute atomic E-state index is 0.240. The highest BCUT2D eigenvalue weighted by Gasteiger charge is 2.38. The van der Waals surface area contributed by atoms with Crippen LogP contribution in [-0.2, 0) is 0 Å². The predicted octanol–water partition coefficient (Wildman–Crippen LogP) is 4.73. The summed E-state index contributed by atoms with van der Waals surface area (Å²) in [6.07, 6.45) is 5.73. The smallest absolute Gasteiger partial charge is 0.337 e. The zero-order valence-corrected chi connectivity index (χ0v) is 13.5. The number of aromatic nitrogens is 1. The van der Waals surface area contributed by atoms with Crippen LogP contribution in [0.2, 0.25) is 0 Å². The Balaban J connectivity index is 1.81. The molecule has 5 rings (SSSR count). The van der Waals surface area contributed by atoms with Crippen molar-refractivity contribution in [3.63, 3.8) is 0 Å². The summed E-state index contributed by atoms with van der Waals surface area (Å²) in [7, 11) is 0. The van der Waals surface area contributed by atoms with E-state index in [1.807, 2.05) is 0 Å². The van der Waals surface area contributed by atoms with Gasteiger partial charge in [-0.15, -0.1) is 0 Å². The summed E-state index contributed by atoms with van der Waals surface area (Å²) >= 11 is 0. The van der Waals surface area contributed by atoms with E-state index in [-0.39, 0.29) is 5.82 Å². The van der Waals surface area contributed by atoms with Crippen molar-refractivity contribution in [1.82, 2.24) is 4.98 Å². The molecule has 4 nitrogen and oxygen atoms in total. The Morgan fingerprint density at radius 2 is 1.88 bits per heavy atom. The van der Waals surface area contributed by atoms with E-state index >= 15 is 0 Å². The number of anilines is 2. The molecule has 2 N–H and O–H groups in total. The molecule has 0 amide bonds. The number of carbonyl (C=O) groups is 1.